The largest absolute Gasteiger partial charge is 1.00 e. The number of carbonyl (C=O) groups is 4. The number of carboxylic acids is 4. The summed E-state index contributed by atoms with van der Waals surface area (Å²) < 4.78 is 0. The average molecular weight is 581 g/mol. The summed E-state index contributed by atoms with van der Waals surface area (Å²) in [6.45, 7) is 0. The maximum Gasteiger partial charge on any atom is 1.00 e. The van der Waals surface area contributed by atoms with Crippen molar-refractivity contribution in [3.63, 3.8) is 0 Å². The molecule has 0 aliphatic rings. The van der Waals surface area contributed by atoms with E-state index in [4.69, 9.17) is 0 Å². The third-order valence-corrected chi connectivity index (χ3v) is 5.75. The molecule has 0 aliphatic heterocycles. The smallest absolute Gasteiger partial charge is 0.545 e. The third kappa shape index (κ3) is 5.76. The van der Waals surface area contributed by atoms with Crippen LogP contribution in [0.1, 0.15) is 41.4 Å². The van der Waals surface area contributed by atoms with E-state index < -0.39 is 51.5 Å². The van der Waals surface area contributed by atoms with E-state index in [9.17, 15) is 39.6 Å². The molecule has 12 heteroatoms. The first-order valence-corrected chi connectivity index (χ1v) is 9.28. The third-order valence-electron chi connectivity index (χ3n) is 5.75. The monoisotopic (exact) mass is 580 g/mol. The first-order valence-electron chi connectivity index (χ1n) is 9.28. The van der Waals surface area contributed by atoms with Crippen molar-refractivity contribution in [2.45, 2.75) is 0 Å². The number of hydrogen-bond acceptors (Lipinski definition) is 8. The first-order chi connectivity index (χ1) is 15.2. The zero-order valence-corrected chi connectivity index (χ0v) is 32.4. The fourth-order valence-corrected chi connectivity index (χ4v) is 4.67. The number of aromatic carboxylic acids is 4. The SMILES string of the molecule is O=C([O-])c1c(C(=O)[O-])c2c(C(=O)[O-])ccc3c4cccc5cccc(c(c1C(=O)[O-])c23)c54.[K+].[K+].[K+].[K+]. The Morgan fingerprint density at radius 1 is 0.444 bits per heavy atom. The zero-order valence-electron chi connectivity index (χ0n) is 19.9. The van der Waals surface area contributed by atoms with Crippen LogP contribution >= 0.6 is 0 Å². The van der Waals surface area contributed by atoms with Gasteiger partial charge in [-0.1, -0.05) is 48.5 Å². The minimum absolute atomic E-state index is 0. The van der Waals surface area contributed by atoms with Crippen molar-refractivity contribution in [1.29, 1.82) is 0 Å². The summed E-state index contributed by atoms with van der Waals surface area (Å²) in [6.07, 6.45) is 0. The van der Waals surface area contributed by atoms with Gasteiger partial charge in [0, 0.05) is 33.0 Å². The molecule has 0 aromatic heterocycles. The molecule has 0 amide bonds. The Morgan fingerprint density at radius 2 is 0.917 bits per heavy atom. The van der Waals surface area contributed by atoms with Crippen LogP contribution in [0.15, 0.2) is 48.5 Å². The summed E-state index contributed by atoms with van der Waals surface area (Å²) in [5.74, 6) is -7.92. The van der Waals surface area contributed by atoms with Crippen molar-refractivity contribution in [2.24, 2.45) is 0 Å². The first kappa shape index (κ1) is 35.9. The van der Waals surface area contributed by atoms with Gasteiger partial charge in [-0.15, -0.1) is 0 Å². The molecule has 5 aromatic carbocycles. The molecule has 0 bridgehead atoms. The van der Waals surface area contributed by atoms with Gasteiger partial charge in [0.1, 0.15) is 0 Å². The van der Waals surface area contributed by atoms with Gasteiger partial charge in [0.2, 0.25) is 0 Å². The average Bonchev–Trinajstić information content (AvgIpc) is 2.75. The number of carboxylic acid groups (broad SMARTS) is 4. The Morgan fingerprint density at radius 3 is 1.42 bits per heavy atom. The molecule has 0 N–H and O–H groups in total. The molecular formula is C24H8K4O8. The van der Waals surface area contributed by atoms with E-state index in [0.29, 0.717) is 21.5 Å². The normalized spacial score (nSPS) is 10.2. The summed E-state index contributed by atoms with van der Waals surface area (Å²) in [4.78, 5) is 48.0. The Kier molecular flexibility index (Phi) is 14.1. The molecule has 0 atom stereocenters. The molecule has 5 aromatic rings. The molecule has 0 heterocycles. The maximum absolute atomic E-state index is 12.2. The molecular weight excluding hydrogens is 573 g/mol. The molecule has 0 unspecified atom stereocenters. The van der Waals surface area contributed by atoms with E-state index in [1.54, 1.807) is 36.4 Å². The fraction of sp³-hybridized carbons (Fsp3) is 0. The van der Waals surface area contributed by atoms with Crippen molar-refractivity contribution in [1.82, 2.24) is 0 Å². The molecule has 0 spiro atoms. The van der Waals surface area contributed by atoms with Crippen molar-refractivity contribution in [3.05, 3.63) is 70.8 Å². The van der Waals surface area contributed by atoms with Gasteiger partial charge in [-0.2, -0.15) is 0 Å². The number of benzene rings is 5. The standard InChI is InChI=1S/C24H12O8.4K/c25-21(26)13-8-7-11-10-5-1-3-9-4-2-6-12(14(9)10)16-15(11)17(13)19(23(29)30)20(24(31)32)18(16)22(27)28;;;;/h1-8H,(H,25,26)(H,27,28)(H,29,30)(H,31,32);;;;/q;4*+1/p-4. The van der Waals surface area contributed by atoms with Crippen LogP contribution in [0.4, 0.5) is 0 Å². The van der Waals surface area contributed by atoms with Gasteiger partial charge >= 0.3 is 206 Å². The van der Waals surface area contributed by atoms with Gasteiger partial charge in [0.25, 0.3) is 0 Å². The van der Waals surface area contributed by atoms with Gasteiger partial charge in [-0.25, -0.2) is 0 Å². The summed E-state index contributed by atoms with van der Waals surface area (Å²) in [6, 6.07) is 12.6. The summed E-state index contributed by atoms with van der Waals surface area (Å²) >= 11 is 0. The summed E-state index contributed by atoms with van der Waals surface area (Å²) in [5, 5.41) is 49.8. The van der Waals surface area contributed by atoms with E-state index >= 15 is 0 Å². The van der Waals surface area contributed by atoms with Gasteiger partial charge in [-0.05, 0) is 32.3 Å². The quantitative estimate of drug-likeness (QED) is 0.115. The topological polar surface area (TPSA) is 161 Å². The van der Waals surface area contributed by atoms with E-state index in [-0.39, 0.29) is 222 Å². The van der Waals surface area contributed by atoms with Crippen LogP contribution in [0, 0.1) is 0 Å². The summed E-state index contributed by atoms with van der Waals surface area (Å²) in [7, 11) is 0. The van der Waals surface area contributed by atoms with Crippen molar-refractivity contribution < 1.29 is 245 Å². The van der Waals surface area contributed by atoms with Gasteiger partial charge in [0.05, 0.1) is 23.9 Å². The van der Waals surface area contributed by atoms with Crippen molar-refractivity contribution in [3.8, 4) is 0 Å². The Hall–Kier alpha value is 1.83. The van der Waals surface area contributed by atoms with E-state index in [0.717, 1.165) is 6.07 Å². The van der Waals surface area contributed by atoms with Crippen LogP contribution in [-0.2, 0) is 0 Å². The second kappa shape index (κ2) is 14.1. The molecule has 0 fully saturated rings. The Bertz CT molecular complexity index is 1690. The molecule has 0 saturated heterocycles. The number of hydrogen-bond donors (Lipinski definition) is 0. The van der Waals surface area contributed by atoms with Crippen LogP contribution in [0.5, 0.6) is 0 Å². The van der Waals surface area contributed by atoms with Crippen LogP contribution in [0.2, 0.25) is 0 Å². The van der Waals surface area contributed by atoms with Gasteiger partial charge in [-0.3, -0.25) is 0 Å². The van der Waals surface area contributed by atoms with Crippen molar-refractivity contribution >= 4 is 67.0 Å². The fourth-order valence-electron chi connectivity index (χ4n) is 4.67. The minimum atomic E-state index is -2.12. The predicted molar refractivity (Wildman–Crippen MR) is 105 cm³/mol. The molecule has 156 valence electrons. The number of rotatable bonds is 4. The second-order valence-corrected chi connectivity index (χ2v) is 7.27. The number of fused-ring (bicyclic) bond motifs is 2. The molecule has 0 aliphatic carbocycles. The van der Waals surface area contributed by atoms with Crippen LogP contribution < -0.4 is 226 Å². The summed E-state index contributed by atoms with van der Waals surface area (Å²) in [5.41, 5.74) is -3.88. The Labute approximate surface area is 373 Å². The molecule has 0 radical (unpaired) electrons. The van der Waals surface area contributed by atoms with Gasteiger partial charge < -0.3 is 39.6 Å². The predicted octanol–water partition coefficient (Wildman–Crippen LogP) is -12.8. The Balaban J connectivity index is 0.00000162. The molecule has 5 rings (SSSR count). The van der Waals surface area contributed by atoms with E-state index in [1.165, 1.54) is 6.07 Å². The zero-order chi connectivity index (χ0) is 22.9. The van der Waals surface area contributed by atoms with Crippen LogP contribution in [-0.4, -0.2) is 23.9 Å². The van der Waals surface area contributed by atoms with Crippen LogP contribution in [0.3, 0.4) is 0 Å². The van der Waals surface area contributed by atoms with E-state index in [2.05, 4.69) is 0 Å². The second-order valence-electron chi connectivity index (χ2n) is 7.27. The minimum Gasteiger partial charge on any atom is -0.545 e. The van der Waals surface area contributed by atoms with Gasteiger partial charge in [0.15, 0.2) is 0 Å². The molecule has 0 saturated carbocycles. The molecule has 36 heavy (non-hydrogen) atoms. The van der Waals surface area contributed by atoms with Crippen molar-refractivity contribution in [2.75, 3.05) is 0 Å². The van der Waals surface area contributed by atoms with Crippen LogP contribution in [0.25, 0.3) is 43.1 Å². The number of carbonyl (C=O) groups excluding carboxylic acids is 4. The van der Waals surface area contributed by atoms with E-state index in [1.807, 2.05) is 0 Å². The molecule has 8 nitrogen and oxygen atoms in total. The maximum atomic E-state index is 12.2.